The van der Waals surface area contributed by atoms with Gasteiger partial charge in [-0.25, -0.2) is 0 Å². The van der Waals surface area contributed by atoms with Gasteiger partial charge in [-0.1, -0.05) is 30.3 Å². The summed E-state index contributed by atoms with van der Waals surface area (Å²) in [6.45, 7) is 0.526. The molecule has 26 heavy (non-hydrogen) atoms. The first-order valence-corrected chi connectivity index (χ1v) is 8.88. The smallest absolute Gasteiger partial charge is 0.291 e. The third-order valence-electron chi connectivity index (χ3n) is 3.67. The van der Waals surface area contributed by atoms with Crippen LogP contribution in [0.15, 0.2) is 65.3 Å². The Morgan fingerprint density at radius 3 is 2.58 bits per heavy atom. The lowest BCUT2D eigenvalue weighted by molar-refractivity contribution is 0.0712. The number of nitrogens with one attached hydrogen (secondary N) is 1. The van der Waals surface area contributed by atoms with Gasteiger partial charge >= 0.3 is 0 Å². The fourth-order valence-electron chi connectivity index (χ4n) is 2.43. The van der Waals surface area contributed by atoms with Gasteiger partial charge in [-0.05, 0) is 29.8 Å². The van der Waals surface area contributed by atoms with Crippen molar-refractivity contribution >= 4 is 28.2 Å². The van der Waals surface area contributed by atoms with Crippen LogP contribution in [0.2, 0.25) is 0 Å². The van der Waals surface area contributed by atoms with Crippen LogP contribution < -0.4 is 5.32 Å². The maximum Gasteiger partial charge on any atom is 0.291 e. The third kappa shape index (κ3) is 4.38. The molecule has 1 aromatic carbocycles. The van der Waals surface area contributed by atoms with Gasteiger partial charge in [0.15, 0.2) is 5.76 Å². The van der Waals surface area contributed by atoms with Gasteiger partial charge in [-0.2, -0.15) is 0 Å². The Labute approximate surface area is 154 Å². The average Bonchev–Trinajstić information content (AvgIpc) is 3.34. The molecule has 0 aliphatic rings. The van der Waals surface area contributed by atoms with Crippen molar-refractivity contribution in [1.82, 2.24) is 4.90 Å². The minimum Gasteiger partial charge on any atom is -0.459 e. The van der Waals surface area contributed by atoms with Gasteiger partial charge in [0, 0.05) is 13.1 Å². The third-order valence-corrected chi connectivity index (χ3v) is 4.66. The number of amides is 2. The minimum absolute atomic E-state index is 0.119. The Hall–Kier alpha value is -2.90. The fraction of sp³-hybridized carbons (Fsp3) is 0.158. The molecule has 3 rings (SSSR count). The Kier molecular flexibility index (Phi) is 5.83. The summed E-state index contributed by atoms with van der Waals surface area (Å²) in [5.41, 5.74) is 0.984. The van der Waals surface area contributed by atoms with E-state index in [0.29, 0.717) is 16.4 Å². The van der Waals surface area contributed by atoms with E-state index in [1.165, 1.54) is 17.6 Å². The van der Waals surface area contributed by atoms with Crippen molar-refractivity contribution in [2.45, 2.75) is 6.54 Å². The summed E-state index contributed by atoms with van der Waals surface area (Å²) in [6.07, 6.45) is 1.43. The summed E-state index contributed by atoms with van der Waals surface area (Å²) in [5, 5.41) is 12.5. The largest absolute Gasteiger partial charge is 0.459 e. The second-order valence-electron chi connectivity index (χ2n) is 5.53. The molecule has 0 aliphatic heterocycles. The highest BCUT2D eigenvalue weighted by molar-refractivity contribution is 7.18. The standard InChI is InChI=1S/C19H18N2O4S/c22-11-10-21(13-14-5-2-1-3-6-14)19(24)16-8-9-17(26-16)20-18(23)15-7-4-12-25-15/h1-9,12,22H,10-11,13H2,(H,20,23). The molecule has 2 heterocycles. The summed E-state index contributed by atoms with van der Waals surface area (Å²) < 4.78 is 5.05. The number of carbonyl (C=O) groups is 2. The van der Waals surface area contributed by atoms with Crippen molar-refractivity contribution in [3.8, 4) is 0 Å². The highest BCUT2D eigenvalue weighted by Crippen LogP contribution is 2.24. The molecule has 7 heteroatoms. The maximum atomic E-state index is 12.8. The van der Waals surface area contributed by atoms with Gasteiger partial charge in [0.2, 0.25) is 0 Å². The highest BCUT2D eigenvalue weighted by atomic mass is 32.1. The van der Waals surface area contributed by atoms with E-state index < -0.39 is 0 Å². The number of thiophene rings is 1. The lowest BCUT2D eigenvalue weighted by atomic mass is 10.2. The van der Waals surface area contributed by atoms with Crippen LogP contribution in [0.3, 0.4) is 0 Å². The monoisotopic (exact) mass is 370 g/mol. The first-order valence-electron chi connectivity index (χ1n) is 8.06. The van der Waals surface area contributed by atoms with Crippen LogP contribution in [0.25, 0.3) is 0 Å². The summed E-state index contributed by atoms with van der Waals surface area (Å²) in [4.78, 5) is 26.8. The van der Waals surface area contributed by atoms with Crippen LogP contribution in [0, 0.1) is 0 Å². The van der Waals surface area contributed by atoms with Crippen molar-refractivity contribution in [1.29, 1.82) is 0 Å². The van der Waals surface area contributed by atoms with Gasteiger partial charge in [0.1, 0.15) is 0 Å². The number of furan rings is 1. The second kappa shape index (κ2) is 8.46. The molecule has 134 valence electrons. The van der Waals surface area contributed by atoms with E-state index in [9.17, 15) is 14.7 Å². The normalized spacial score (nSPS) is 10.5. The summed E-state index contributed by atoms with van der Waals surface area (Å²) in [6, 6.07) is 16.1. The fourth-order valence-corrected chi connectivity index (χ4v) is 3.30. The van der Waals surface area contributed by atoms with E-state index in [1.807, 2.05) is 30.3 Å². The number of anilines is 1. The van der Waals surface area contributed by atoms with Crippen LogP contribution in [0.4, 0.5) is 5.00 Å². The molecule has 0 unspecified atom stereocenters. The molecule has 2 amide bonds. The second-order valence-corrected chi connectivity index (χ2v) is 6.62. The van der Waals surface area contributed by atoms with Gasteiger partial charge in [0.25, 0.3) is 11.8 Å². The first kappa shape index (κ1) is 17.9. The number of carbonyl (C=O) groups excluding carboxylic acids is 2. The zero-order valence-corrected chi connectivity index (χ0v) is 14.7. The number of benzene rings is 1. The van der Waals surface area contributed by atoms with E-state index >= 15 is 0 Å². The van der Waals surface area contributed by atoms with Crippen molar-refractivity contribution in [3.63, 3.8) is 0 Å². The van der Waals surface area contributed by atoms with Crippen LogP contribution >= 0.6 is 11.3 Å². The predicted octanol–water partition coefficient (Wildman–Crippen LogP) is 3.23. The number of aliphatic hydroxyl groups is 1. The molecular formula is C19H18N2O4S. The Morgan fingerprint density at radius 1 is 1.08 bits per heavy atom. The minimum atomic E-state index is -0.368. The van der Waals surface area contributed by atoms with E-state index in [1.54, 1.807) is 29.2 Å². The molecule has 2 N–H and O–H groups in total. The zero-order valence-electron chi connectivity index (χ0n) is 13.9. The topological polar surface area (TPSA) is 82.8 Å². The number of rotatable bonds is 7. The number of aliphatic hydroxyl groups excluding tert-OH is 1. The molecule has 0 aliphatic carbocycles. The van der Waals surface area contributed by atoms with E-state index in [4.69, 9.17) is 4.42 Å². The summed E-state index contributed by atoms with van der Waals surface area (Å²) in [7, 11) is 0. The zero-order chi connectivity index (χ0) is 18.4. The predicted molar refractivity (Wildman–Crippen MR) is 99.2 cm³/mol. The van der Waals surface area contributed by atoms with Gasteiger partial charge < -0.3 is 19.7 Å². The Bertz CT molecular complexity index is 859. The van der Waals surface area contributed by atoms with Gasteiger partial charge in [0.05, 0.1) is 22.7 Å². The summed E-state index contributed by atoms with van der Waals surface area (Å²) in [5.74, 6) is -0.351. The molecule has 0 bridgehead atoms. The van der Waals surface area contributed by atoms with Crippen molar-refractivity contribution in [2.24, 2.45) is 0 Å². The van der Waals surface area contributed by atoms with Crippen molar-refractivity contribution < 1.29 is 19.1 Å². The Balaban J connectivity index is 1.69. The molecule has 0 radical (unpaired) electrons. The summed E-state index contributed by atoms with van der Waals surface area (Å²) >= 11 is 1.18. The number of hydrogen-bond donors (Lipinski definition) is 2. The quantitative estimate of drug-likeness (QED) is 0.669. The lowest BCUT2D eigenvalue weighted by Gasteiger charge is -2.21. The lowest BCUT2D eigenvalue weighted by Crippen LogP contribution is -2.32. The van der Waals surface area contributed by atoms with E-state index in [0.717, 1.165) is 5.56 Å². The van der Waals surface area contributed by atoms with Crippen LogP contribution in [0.5, 0.6) is 0 Å². The maximum absolute atomic E-state index is 12.8. The highest BCUT2D eigenvalue weighted by Gasteiger charge is 2.19. The molecule has 0 spiro atoms. The number of hydrogen-bond acceptors (Lipinski definition) is 5. The molecule has 6 nitrogen and oxygen atoms in total. The molecule has 0 saturated heterocycles. The molecule has 0 atom stereocenters. The number of nitrogens with zero attached hydrogens (tertiary/aromatic N) is 1. The Morgan fingerprint density at radius 2 is 1.88 bits per heavy atom. The first-order chi connectivity index (χ1) is 12.7. The SMILES string of the molecule is O=C(Nc1ccc(C(=O)N(CCO)Cc2ccccc2)s1)c1ccco1. The van der Waals surface area contributed by atoms with Crippen LogP contribution in [-0.4, -0.2) is 35.0 Å². The molecule has 0 fully saturated rings. The van der Waals surface area contributed by atoms with Gasteiger partial charge in [-0.3, -0.25) is 9.59 Å². The van der Waals surface area contributed by atoms with Gasteiger partial charge in [-0.15, -0.1) is 11.3 Å². The average molecular weight is 370 g/mol. The van der Waals surface area contributed by atoms with E-state index in [-0.39, 0.29) is 30.7 Å². The van der Waals surface area contributed by atoms with Crippen LogP contribution in [0.1, 0.15) is 25.8 Å². The van der Waals surface area contributed by atoms with E-state index in [2.05, 4.69) is 5.32 Å². The van der Waals surface area contributed by atoms with Crippen molar-refractivity contribution in [2.75, 3.05) is 18.5 Å². The molecule has 0 saturated carbocycles. The van der Waals surface area contributed by atoms with Crippen LogP contribution in [-0.2, 0) is 6.54 Å². The molecule has 3 aromatic rings. The van der Waals surface area contributed by atoms with Crippen molar-refractivity contribution in [3.05, 3.63) is 77.1 Å². The molecule has 2 aromatic heterocycles. The molecular weight excluding hydrogens is 352 g/mol.